The predicted octanol–water partition coefficient (Wildman–Crippen LogP) is 2.72. The molecule has 0 saturated heterocycles. The summed E-state index contributed by atoms with van der Waals surface area (Å²) in [5.74, 6) is -0.852. The van der Waals surface area contributed by atoms with Crippen LogP contribution in [0.5, 0.6) is 0 Å². The number of anilines is 1. The van der Waals surface area contributed by atoms with Crippen LogP contribution in [-0.2, 0) is 6.54 Å². The van der Waals surface area contributed by atoms with E-state index in [1.165, 1.54) is 6.07 Å². The third-order valence-corrected chi connectivity index (χ3v) is 3.02. The van der Waals surface area contributed by atoms with Crippen LogP contribution in [0.15, 0.2) is 30.6 Å². The average Bonchev–Trinajstić information content (AvgIpc) is 2.79. The summed E-state index contributed by atoms with van der Waals surface area (Å²) in [5.41, 5.74) is 0.748. The fraction of sp³-hybridized carbons (Fsp3) is 0.250. The molecule has 0 fully saturated rings. The first kappa shape index (κ1) is 10.3. The minimum Gasteiger partial charge on any atom is -0.349 e. The lowest BCUT2D eigenvalue weighted by Gasteiger charge is -2.25. The molecule has 5 heteroatoms. The van der Waals surface area contributed by atoms with E-state index in [0.717, 1.165) is 30.5 Å². The van der Waals surface area contributed by atoms with E-state index in [2.05, 4.69) is 10.3 Å². The van der Waals surface area contributed by atoms with Crippen molar-refractivity contribution in [3.8, 4) is 0 Å². The SMILES string of the molecule is Fc1ccc(C2CCn3ccnc3N2)cc1F. The first-order valence-electron chi connectivity index (χ1n) is 5.46. The summed E-state index contributed by atoms with van der Waals surface area (Å²) in [6.45, 7) is 0.825. The Labute approximate surface area is 97.1 Å². The highest BCUT2D eigenvalue weighted by Gasteiger charge is 2.20. The second-order valence-corrected chi connectivity index (χ2v) is 4.10. The summed E-state index contributed by atoms with van der Waals surface area (Å²) < 4.78 is 28.0. The number of nitrogens with one attached hydrogen (secondary N) is 1. The molecule has 1 aliphatic rings. The van der Waals surface area contributed by atoms with Crippen molar-refractivity contribution in [3.05, 3.63) is 47.8 Å². The molecule has 1 aromatic carbocycles. The molecule has 1 aromatic heterocycles. The number of imidazole rings is 1. The highest BCUT2D eigenvalue weighted by molar-refractivity contribution is 5.35. The number of aromatic nitrogens is 2. The lowest BCUT2D eigenvalue weighted by molar-refractivity contribution is 0.499. The standard InChI is InChI=1S/C12H11F2N3/c13-9-2-1-8(7-10(9)14)11-3-5-17-6-4-15-12(17)16-11/h1-2,4,6-7,11H,3,5H2,(H,15,16). The van der Waals surface area contributed by atoms with Gasteiger partial charge in [0, 0.05) is 18.9 Å². The molecule has 1 N–H and O–H groups in total. The van der Waals surface area contributed by atoms with Crippen LogP contribution in [0.3, 0.4) is 0 Å². The topological polar surface area (TPSA) is 29.9 Å². The summed E-state index contributed by atoms with van der Waals surface area (Å²) in [6.07, 6.45) is 4.44. The van der Waals surface area contributed by atoms with Crippen molar-refractivity contribution < 1.29 is 8.78 Å². The molecular formula is C12H11F2N3. The van der Waals surface area contributed by atoms with Gasteiger partial charge in [-0.25, -0.2) is 13.8 Å². The number of halogens is 2. The number of benzene rings is 1. The molecule has 2 aromatic rings. The van der Waals surface area contributed by atoms with Crippen LogP contribution in [-0.4, -0.2) is 9.55 Å². The van der Waals surface area contributed by atoms with E-state index in [-0.39, 0.29) is 6.04 Å². The van der Waals surface area contributed by atoms with Gasteiger partial charge < -0.3 is 9.88 Å². The molecule has 0 bridgehead atoms. The molecule has 88 valence electrons. The summed E-state index contributed by atoms with van der Waals surface area (Å²) >= 11 is 0. The van der Waals surface area contributed by atoms with Crippen LogP contribution >= 0.6 is 0 Å². The first-order valence-corrected chi connectivity index (χ1v) is 5.46. The number of fused-ring (bicyclic) bond motifs is 1. The van der Waals surface area contributed by atoms with E-state index in [4.69, 9.17) is 0 Å². The van der Waals surface area contributed by atoms with Gasteiger partial charge >= 0.3 is 0 Å². The van der Waals surface area contributed by atoms with Crippen LogP contribution in [0.1, 0.15) is 18.0 Å². The molecule has 1 unspecified atom stereocenters. The Morgan fingerprint density at radius 3 is 3.00 bits per heavy atom. The van der Waals surface area contributed by atoms with Gasteiger partial charge in [0.05, 0.1) is 6.04 Å². The van der Waals surface area contributed by atoms with Gasteiger partial charge in [-0.2, -0.15) is 0 Å². The molecule has 2 heterocycles. The van der Waals surface area contributed by atoms with Crippen LogP contribution < -0.4 is 5.32 Å². The van der Waals surface area contributed by atoms with E-state index < -0.39 is 11.6 Å². The van der Waals surface area contributed by atoms with Crippen molar-refractivity contribution in [2.75, 3.05) is 5.32 Å². The van der Waals surface area contributed by atoms with Crippen molar-refractivity contribution in [2.45, 2.75) is 19.0 Å². The van der Waals surface area contributed by atoms with Crippen molar-refractivity contribution in [3.63, 3.8) is 0 Å². The smallest absolute Gasteiger partial charge is 0.203 e. The second kappa shape index (κ2) is 3.84. The van der Waals surface area contributed by atoms with Crippen LogP contribution in [0.2, 0.25) is 0 Å². The Bertz CT molecular complexity index is 550. The zero-order valence-corrected chi connectivity index (χ0v) is 9.03. The van der Waals surface area contributed by atoms with Gasteiger partial charge in [0.2, 0.25) is 5.95 Å². The zero-order chi connectivity index (χ0) is 11.8. The third-order valence-electron chi connectivity index (χ3n) is 3.02. The monoisotopic (exact) mass is 235 g/mol. The van der Waals surface area contributed by atoms with Crippen molar-refractivity contribution in [1.82, 2.24) is 9.55 Å². The van der Waals surface area contributed by atoms with Crippen LogP contribution in [0.25, 0.3) is 0 Å². The molecule has 0 saturated carbocycles. The quantitative estimate of drug-likeness (QED) is 0.823. The third kappa shape index (κ3) is 1.77. The van der Waals surface area contributed by atoms with Gasteiger partial charge in [0.15, 0.2) is 11.6 Å². The van der Waals surface area contributed by atoms with E-state index in [9.17, 15) is 8.78 Å². The lowest BCUT2D eigenvalue weighted by atomic mass is 10.0. The first-order chi connectivity index (χ1) is 8.24. The van der Waals surface area contributed by atoms with Gasteiger partial charge in [-0.3, -0.25) is 0 Å². The Kier molecular flexibility index (Phi) is 2.31. The molecule has 3 nitrogen and oxygen atoms in total. The predicted molar refractivity (Wildman–Crippen MR) is 59.6 cm³/mol. The molecule has 0 amide bonds. The maximum atomic E-state index is 13.1. The fourth-order valence-corrected chi connectivity index (χ4v) is 2.11. The van der Waals surface area contributed by atoms with E-state index in [1.54, 1.807) is 12.3 Å². The van der Waals surface area contributed by atoms with Crippen molar-refractivity contribution >= 4 is 5.95 Å². The zero-order valence-electron chi connectivity index (χ0n) is 9.03. The summed E-state index contributed by atoms with van der Waals surface area (Å²) in [7, 11) is 0. The minimum atomic E-state index is -0.814. The Balaban J connectivity index is 1.89. The molecule has 3 rings (SSSR count). The number of hydrogen-bond donors (Lipinski definition) is 1. The van der Waals surface area contributed by atoms with Crippen LogP contribution in [0, 0.1) is 11.6 Å². The van der Waals surface area contributed by atoms with E-state index in [0.29, 0.717) is 0 Å². The number of aryl methyl sites for hydroxylation is 1. The number of hydrogen-bond acceptors (Lipinski definition) is 2. The van der Waals surface area contributed by atoms with Crippen LogP contribution in [0.4, 0.5) is 14.7 Å². The van der Waals surface area contributed by atoms with Gasteiger partial charge in [-0.05, 0) is 24.1 Å². The highest BCUT2D eigenvalue weighted by Crippen LogP contribution is 2.28. The van der Waals surface area contributed by atoms with Gasteiger partial charge in [0.1, 0.15) is 0 Å². The Hall–Kier alpha value is -1.91. The summed E-state index contributed by atoms with van der Waals surface area (Å²) in [6, 6.07) is 3.99. The van der Waals surface area contributed by atoms with Crippen molar-refractivity contribution in [2.24, 2.45) is 0 Å². The molecule has 0 aliphatic carbocycles. The maximum Gasteiger partial charge on any atom is 0.203 e. The second-order valence-electron chi connectivity index (χ2n) is 4.10. The van der Waals surface area contributed by atoms with Crippen molar-refractivity contribution in [1.29, 1.82) is 0 Å². The number of rotatable bonds is 1. The highest BCUT2D eigenvalue weighted by atomic mass is 19.2. The van der Waals surface area contributed by atoms with E-state index >= 15 is 0 Å². The van der Waals surface area contributed by atoms with E-state index in [1.807, 2.05) is 10.8 Å². The van der Waals surface area contributed by atoms with Gasteiger partial charge in [-0.1, -0.05) is 6.07 Å². The number of nitrogens with zero attached hydrogens (tertiary/aromatic N) is 2. The summed E-state index contributed by atoms with van der Waals surface area (Å²) in [5, 5.41) is 3.20. The average molecular weight is 235 g/mol. The molecule has 0 spiro atoms. The molecule has 17 heavy (non-hydrogen) atoms. The maximum absolute atomic E-state index is 13.1. The van der Waals surface area contributed by atoms with Gasteiger partial charge in [0.25, 0.3) is 0 Å². The Morgan fingerprint density at radius 1 is 1.29 bits per heavy atom. The molecule has 1 atom stereocenters. The fourth-order valence-electron chi connectivity index (χ4n) is 2.11. The Morgan fingerprint density at radius 2 is 2.18 bits per heavy atom. The largest absolute Gasteiger partial charge is 0.349 e. The molecular weight excluding hydrogens is 224 g/mol. The molecule has 1 aliphatic heterocycles. The normalized spacial score (nSPS) is 18.6. The van der Waals surface area contributed by atoms with Gasteiger partial charge in [-0.15, -0.1) is 0 Å². The minimum absolute atomic E-state index is 0.0139. The summed E-state index contributed by atoms with van der Waals surface area (Å²) in [4.78, 5) is 4.16. The lowest BCUT2D eigenvalue weighted by Crippen LogP contribution is -2.22. The molecule has 0 radical (unpaired) electrons.